The van der Waals surface area contributed by atoms with Gasteiger partial charge in [-0.1, -0.05) is 0 Å². The molecule has 1 aliphatic rings. The first-order valence-electron chi connectivity index (χ1n) is 3.93. The monoisotopic (exact) mass is 161 g/mol. The van der Waals surface area contributed by atoms with Crippen molar-refractivity contribution in [2.24, 2.45) is 0 Å². The van der Waals surface area contributed by atoms with Gasteiger partial charge in [0, 0.05) is 13.1 Å². The fraction of sp³-hybridized carbons (Fsp3) is 1.00. The predicted molar refractivity (Wildman–Crippen MR) is 40.2 cm³/mol. The van der Waals surface area contributed by atoms with E-state index in [-0.39, 0.29) is 19.3 Å². The summed E-state index contributed by atoms with van der Waals surface area (Å²) in [5.74, 6) is 0. The predicted octanol–water partition coefficient (Wildman–Crippen LogP) is -1.59. The van der Waals surface area contributed by atoms with Crippen molar-refractivity contribution in [3.05, 3.63) is 0 Å². The Hall–Kier alpha value is -0.160. The Kier molecular flexibility index (Phi) is 3.26. The summed E-state index contributed by atoms with van der Waals surface area (Å²) in [4.78, 5) is 1.91. The lowest BCUT2D eigenvalue weighted by atomic mass is 10.2. The van der Waals surface area contributed by atoms with E-state index in [4.69, 9.17) is 10.2 Å². The quantitative estimate of drug-likeness (QED) is 0.467. The molecule has 1 heterocycles. The minimum atomic E-state index is -0.424. The maximum atomic E-state index is 9.30. The van der Waals surface area contributed by atoms with Crippen LogP contribution in [0.4, 0.5) is 0 Å². The maximum Gasteiger partial charge on any atom is 0.0729 e. The first-order valence-corrected chi connectivity index (χ1v) is 3.93. The van der Waals surface area contributed by atoms with Gasteiger partial charge in [0.2, 0.25) is 0 Å². The van der Waals surface area contributed by atoms with E-state index in [1.165, 1.54) is 0 Å². The molecular weight excluding hydrogens is 146 g/mol. The Bertz CT molecular complexity index is 118. The minimum Gasteiger partial charge on any atom is -0.395 e. The molecule has 4 nitrogen and oxygen atoms in total. The second-order valence-corrected chi connectivity index (χ2v) is 2.87. The van der Waals surface area contributed by atoms with Crippen LogP contribution in [0.1, 0.15) is 6.42 Å². The van der Waals surface area contributed by atoms with Gasteiger partial charge in [-0.2, -0.15) is 0 Å². The summed E-state index contributed by atoms with van der Waals surface area (Å²) in [6, 6.07) is -0.165. The van der Waals surface area contributed by atoms with E-state index in [1.54, 1.807) is 0 Å². The zero-order valence-corrected chi connectivity index (χ0v) is 6.48. The molecule has 11 heavy (non-hydrogen) atoms. The Balaban J connectivity index is 2.40. The van der Waals surface area contributed by atoms with Crippen LogP contribution in [0.3, 0.4) is 0 Å². The summed E-state index contributed by atoms with van der Waals surface area (Å²) in [6.45, 7) is 1.37. The first kappa shape index (κ1) is 8.93. The highest BCUT2D eigenvalue weighted by molar-refractivity contribution is 4.85. The Morgan fingerprint density at radius 2 is 2.09 bits per heavy atom. The van der Waals surface area contributed by atoms with Crippen molar-refractivity contribution in [1.29, 1.82) is 0 Å². The van der Waals surface area contributed by atoms with E-state index in [9.17, 15) is 5.11 Å². The molecule has 0 saturated carbocycles. The van der Waals surface area contributed by atoms with Gasteiger partial charge in [-0.25, -0.2) is 0 Å². The topological polar surface area (TPSA) is 63.9 Å². The molecule has 3 N–H and O–H groups in total. The van der Waals surface area contributed by atoms with Crippen molar-refractivity contribution in [1.82, 2.24) is 4.90 Å². The summed E-state index contributed by atoms with van der Waals surface area (Å²) in [7, 11) is 0. The Morgan fingerprint density at radius 1 is 1.36 bits per heavy atom. The lowest BCUT2D eigenvalue weighted by molar-refractivity contribution is 0.0636. The molecule has 1 rings (SSSR count). The minimum absolute atomic E-state index is 0.0266. The molecular formula is C7H15NO3. The molecule has 0 aliphatic carbocycles. The first-order chi connectivity index (χ1) is 5.29. The van der Waals surface area contributed by atoms with Crippen LogP contribution >= 0.6 is 0 Å². The van der Waals surface area contributed by atoms with Crippen molar-refractivity contribution < 1.29 is 15.3 Å². The number of hydrogen-bond donors (Lipinski definition) is 3. The SMILES string of the molecule is OCCN1CCC(O)C1CO. The molecule has 1 aliphatic heterocycles. The molecule has 0 amide bonds. The molecule has 0 aromatic carbocycles. The summed E-state index contributed by atoms with van der Waals surface area (Å²) < 4.78 is 0. The van der Waals surface area contributed by atoms with Crippen LogP contribution in [-0.4, -0.2) is 58.7 Å². The second-order valence-electron chi connectivity index (χ2n) is 2.87. The highest BCUT2D eigenvalue weighted by Crippen LogP contribution is 2.16. The van der Waals surface area contributed by atoms with Crippen LogP contribution in [0.15, 0.2) is 0 Å². The van der Waals surface area contributed by atoms with Crippen molar-refractivity contribution >= 4 is 0 Å². The largest absolute Gasteiger partial charge is 0.395 e. The van der Waals surface area contributed by atoms with E-state index >= 15 is 0 Å². The van der Waals surface area contributed by atoms with Crippen LogP contribution in [-0.2, 0) is 0 Å². The highest BCUT2D eigenvalue weighted by atomic mass is 16.3. The fourth-order valence-electron chi connectivity index (χ4n) is 1.54. The summed E-state index contributed by atoms with van der Waals surface area (Å²) >= 11 is 0. The van der Waals surface area contributed by atoms with Crippen molar-refractivity contribution in [2.75, 3.05) is 26.3 Å². The van der Waals surface area contributed by atoms with Gasteiger partial charge in [0.1, 0.15) is 0 Å². The van der Waals surface area contributed by atoms with Crippen LogP contribution in [0.5, 0.6) is 0 Å². The average Bonchev–Trinajstić information content (AvgIpc) is 2.33. The van der Waals surface area contributed by atoms with E-state index in [0.717, 1.165) is 6.54 Å². The number of nitrogens with zero attached hydrogens (tertiary/aromatic N) is 1. The number of aliphatic hydroxyl groups excluding tert-OH is 3. The number of aliphatic hydroxyl groups is 3. The van der Waals surface area contributed by atoms with Crippen LogP contribution in [0.25, 0.3) is 0 Å². The zero-order valence-electron chi connectivity index (χ0n) is 6.48. The average molecular weight is 161 g/mol. The van der Waals surface area contributed by atoms with Gasteiger partial charge in [0.25, 0.3) is 0 Å². The fourth-order valence-corrected chi connectivity index (χ4v) is 1.54. The molecule has 4 heteroatoms. The Morgan fingerprint density at radius 3 is 2.64 bits per heavy atom. The lowest BCUT2D eigenvalue weighted by Gasteiger charge is -2.22. The lowest BCUT2D eigenvalue weighted by Crippen LogP contribution is -2.39. The summed E-state index contributed by atoms with van der Waals surface area (Å²) in [5, 5.41) is 26.8. The third kappa shape index (κ3) is 1.90. The normalized spacial score (nSPS) is 33.0. The molecule has 0 spiro atoms. The third-order valence-corrected chi connectivity index (χ3v) is 2.20. The van der Waals surface area contributed by atoms with Crippen molar-refractivity contribution in [3.8, 4) is 0 Å². The van der Waals surface area contributed by atoms with Gasteiger partial charge < -0.3 is 15.3 Å². The smallest absolute Gasteiger partial charge is 0.0729 e. The van der Waals surface area contributed by atoms with Gasteiger partial charge >= 0.3 is 0 Å². The van der Waals surface area contributed by atoms with E-state index in [2.05, 4.69) is 0 Å². The Labute approximate surface area is 66.1 Å². The molecule has 0 aromatic rings. The zero-order chi connectivity index (χ0) is 8.27. The maximum absolute atomic E-state index is 9.30. The van der Waals surface area contributed by atoms with Crippen LogP contribution < -0.4 is 0 Å². The summed E-state index contributed by atoms with van der Waals surface area (Å²) in [5.41, 5.74) is 0. The van der Waals surface area contributed by atoms with Crippen LogP contribution in [0, 0.1) is 0 Å². The number of rotatable bonds is 3. The van der Waals surface area contributed by atoms with Crippen molar-refractivity contribution in [2.45, 2.75) is 18.6 Å². The van der Waals surface area contributed by atoms with E-state index < -0.39 is 6.10 Å². The van der Waals surface area contributed by atoms with E-state index in [0.29, 0.717) is 13.0 Å². The third-order valence-electron chi connectivity index (χ3n) is 2.20. The molecule has 1 fully saturated rings. The number of hydrogen-bond acceptors (Lipinski definition) is 4. The molecule has 1 saturated heterocycles. The molecule has 2 atom stereocenters. The second kappa shape index (κ2) is 4.01. The van der Waals surface area contributed by atoms with E-state index in [1.807, 2.05) is 4.90 Å². The van der Waals surface area contributed by atoms with Crippen LogP contribution in [0.2, 0.25) is 0 Å². The van der Waals surface area contributed by atoms with Gasteiger partial charge in [-0.3, -0.25) is 4.90 Å². The van der Waals surface area contributed by atoms with Gasteiger partial charge in [-0.15, -0.1) is 0 Å². The molecule has 66 valence electrons. The van der Waals surface area contributed by atoms with Gasteiger partial charge in [-0.05, 0) is 6.42 Å². The molecule has 2 unspecified atom stereocenters. The molecule has 0 aromatic heterocycles. The van der Waals surface area contributed by atoms with Crippen molar-refractivity contribution in [3.63, 3.8) is 0 Å². The standard InChI is InChI=1S/C7H15NO3/c9-4-3-8-2-1-7(11)6(8)5-10/h6-7,9-11H,1-5H2. The van der Waals surface area contributed by atoms with Gasteiger partial charge in [0.15, 0.2) is 0 Å². The number of β-amino-alcohol motifs (C(OH)–C–C–N with tert-alkyl or cyclic N) is 1. The number of likely N-dealkylation sites (tertiary alicyclic amines) is 1. The molecule has 0 bridgehead atoms. The molecule has 0 radical (unpaired) electrons. The summed E-state index contributed by atoms with van der Waals surface area (Å²) in [6.07, 6.45) is 0.275. The van der Waals surface area contributed by atoms with Gasteiger partial charge in [0.05, 0.1) is 25.4 Å². The highest BCUT2D eigenvalue weighted by Gasteiger charge is 2.31.